The van der Waals surface area contributed by atoms with E-state index in [9.17, 15) is 9.59 Å². The Morgan fingerprint density at radius 1 is 1.09 bits per heavy atom. The Labute approximate surface area is 212 Å². The van der Waals surface area contributed by atoms with Crippen LogP contribution in [0.3, 0.4) is 0 Å². The van der Waals surface area contributed by atoms with Gasteiger partial charge in [0.05, 0.1) is 18.6 Å². The Bertz CT molecular complexity index is 1120. The summed E-state index contributed by atoms with van der Waals surface area (Å²) in [6.07, 6.45) is 6.26. The van der Waals surface area contributed by atoms with Crippen molar-refractivity contribution < 1.29 is 14.3 Å². The van der Waals surface area contributed by atoms with Gasteiger partial charge in [-0.15, -0.1) is 0 Å². The van der Waals surface area contributed by atoms with Crippen molar-refractivity contribution in [3.63, 3.8) is 0 Å². The Kier molecular flexibility index (Phi) is 8.29. The second kappa shape index (κ2) is 11.6. The first-order valence-corrected chi connectivity index (χ1v) is 13.2. The van der Waals surface area contributed by atoms with Crippen molar-refractivity contribution in [2.45, 2.75) is 45.4 Å². The van der Waals surface area contributed by atoms with Crippen LogP contribution in [-0.4, -0.2) is 47.8 Å². The number of amides is 2. The first-order valence-electron chi connectivity index (χ1n) is 12.3. The number of ether oxygens (including phenoxy) is 1. The molecule has 0 saturated carbocycles. The fraction of sp³-hybridized carbons (Fsp3) is 0.393. The number of nitrogens with zero attached hydrogens (tertiary/aromatic N) is 3. The van der Waals surface area contributed by atoms with Gasteiger partial charge in [-0.2, -0.15) is 0 Å². The minimum absolute atomic E-state index is 0.0966. The quantitative estimate of drug-likeness (QED) is 0.487. The van der Waals surface area contributed by atoms with E-state index in [0.717, 1.165) is 31.5 Å². The van der Waals surface area contributed by atoms with Gasteiger partial charge in [0.2, 0.25) is 5.91 Å². The number of methoxy groups -OCH3 is 1. The van der Waals surface area contributed by atoms with E-state index in [0.29, 0.717) is 28.2 Å². The Balaban J connectivity index is 1.59. The smallest absolute Gasteiger partial charge is 0.283 e. The fourth-order valence-electron chi connectivity index (χ4n) is 4.24. The molecule has 2 heterocycles. The lowest BCUT2D eigenvalue weighted by Crippen LogP contribution is -2.35. The van der Waals surface area contributed by atoms with E-state index in [1.807, 2.05) is 47.4 Å². The number of thioether (sulfide) groups is 1. The van der Waals surface area contributed by atoms with Crippen molar-refractivity contribution in [1.82, 2.24) is 4.90 Å². The molecule has 2 aromatic carbocycles. The van der Waals surface area contributed by atoms with Crippen LogP contribution in [0.25, 0.3) is 6.08 Å². The second-order valence-electron chi connectivity index (χ2n) is 9.17. The number of aliphatic imine (C=N–C) groups is 1. The van der Waals surface area contributed by atoms with Crippen LogP contribution in [-0.2, 0) is 9.59 Å². The molecule has 7 heteroatoms. The van der Waals surface area contributed by atoms with Gasteiger partial charge in [-0.1, -0.05) is 68.8 Å². The predicted molar refractivity (Wildman–Crippen MR) is 144 cm³/mol. The Hall–Kier alpha value is -3.06. The number of likely N-dealkylation sites (tertiary alicyclic amines) is 1. The summed E-state index contributed by atoms with van der Waals surface area (Å²) in [7, 11) is 1.60. The topological polar surface area (TPSA) is 62.2 Å². The van der Waals surface area contributed by atoms with E-state index in [1.165, 1.54) is 30.2 Å². The molecule has 35 heavy (non-hydrogen) atoms. The minimum Gasteiger partial charge on any atom is -0.497 e. The molecule has 0 radical (unpaired) electrons. The summed E-state index contributed by atoms with van der Waals surface area (Å²) in [5, 5.41) is 0.511. The van der Waals surface area contributed by atoms with Gasteiger partial charge >= 0.3 is 0 Å². The normalized spacial score (nSPS) is 17.7. The average molecular weight is 492 g/mol. The monoisotopic (exact) mass is 491 g/mol. The van der Waals surface area contributed by atoms with Gasteiger partial charge in [0.1, 0.15) is 11.4 Å². The summed E-state index contributed by atoms with van der Waals surface area (Å²) in [6, 6.07) is 15.5. The molecule has 2 aromatic rings. The summed E-state index contributed by atoms with van der Waals surface area (Å²) in [4.78, 5) is 34.6. The first kappa shape index (κ1) is 25.0. The van der Waals surface area contributed by atoms with Crippen LogP contribution in [0.4, 0.5) is 5.69 Å². The van der Waals surface area contributed by atoms with Gasteiger partial charge < -0.3 is 9.64 Å². The number of rotatable bonds is 6. The summed E-state index contributed by atoms with van der Waals surface area (Å²) in [5.41, 5.74) is 3.19. The zero-order chi connectivity index (χ0) is 24.8. The molecule has 0 atom stereocenters. The van der Waals surface area contributed by atoms with Gasteiger partial charge in [0.25, 0.3) is 5.91 Å². The number of anilines is 1. The van der Waals surface area contributed by atoms with E-state index in [2.05, 4.69) is 31.0 Å². The lowest BCUT2D eigenvalue weighted by atomic mass is 10.0. The standard InChI is InChI=1S/C28H33N3O3S/c1-20(2)22-13-11-21(12-14-22)17-25-27(33)31(23-9-8-10-24(18-23)34-3)28(29-25)35-19-26(32)30-15-6-4-5-7-16-30/h8-14,17-18,20H,4-7,15-16,19H2,1-3H3. The number of benzene rings is 2. The van der Waals surface area contributed by atoms with Crippen LogP contribution in [0.2, 0.25) is 0 Å². The number of hydrogen-bond acceptors (Lipinski definition) is 5. The number of carbonyl (C=O) groups is 2. The largest absolute Gasteiger partial charge is 0.497 e. The van der Waals surface area contributed by atoms with Crippen molar-refractivity contribution in [3.8, 4) is 5.75 Å². The van der Waals surface area contributed by atoms with Crippen LogP contribution in [0.1, 0.15) is 56.6 Å². The van der Waals surface area contributed by atoms with E-state index in [-0.39, 0.29) is 17.6 Å². The lowest BCUT2D eigenvalue weighted by molar-refractivity contribution is -0.128. The maximum Gasteiger partial charge on any atom is 0.283 e. The minimum atomic E-state index is -0.212. The molecular weight excluding hydrogens is 458 g/mol. The van der Waals surface area contributed by atoms with Crippen molar-refractivity contribution >= 4 is 40.5 Å². The number of amidine groups is 1. The molecule has 1 saturated heterocycles. The Morgan fingerprint density at radius 2 is 1.80 bits per heavy atom. The van der Waals surface area contributed by atoms with Gasteiger partial charge in [0.15, 0.2) is 5.17 Å². The van der Waals surface area contributed by atoms with Crippen LogP contribution in [0, 0.1) is 0 Å². The molecule has 4 rings (SSSR count). The third-order valence-electron chi connectivity index (χ3n) is 6.33. The molecule has 0 aliphatic carbocycles. The maximum atomic E-state index is 13.5. The van der Waals surface area contributed by atoms with Crippen molar-refractivity contribution in [3.05, 3.63) is 65.4 Å². The first-order chi connectivity index (χ1) is 17.0. The SMILES string of the molecule is COc1cccc(N2C(=O)C(=Cc3ccc(C(C)C)cc3)N=C2SCC(=O)N2CCCCCC2)c1. The zero-order valence-electron chi connectivity index (χ0n) is 20.7. The number of hydrogen-bond donors (Lipinski definition) is 0. The van der Waals surface area contributed by atoms with Gasteiger partial charge in [-0.3, -0.25) is 14.5 Å². The summed E-state index contributed by atoms with van der Waals surface area (Å²) >= 11 is 1.32. The molecule has 184 valence electrons. The highest BCUT2D eigenvalue weighted by atomic mass is 32.2. The third kappa shape index (κ3) is 6.14. The molecule has 0 aromatic heterocycles. The van der Waals surface area contributed by atoms with Crippen LogP contribution in [0.15, 0.2) is 59.2 Å². The lowest BCUT2D eigenvalue weighted by Gasteiger charge is -2.21. The van der Waals surface area contributed by atoms with Gasteiger partial charge in [-0.05, 0) is 48.1 Å². The van der Waals surface area contributed by atoms with E-state index in [1.54, 1.807) is 12.0 Å². The third-order valence-corrected chi connectivity index (χ3v) is 7.25. The van der Waals surface area contributed by atoms with Gasteiger partial charge in [-0.25, -0.2) is 4.99 Å². The molecule has 1 fully saturated rings. The predicted octanol–water partition coefficient (Wildman–Crippen LogP) is 5.70. The van der Waals surface area contributed by atoms with Crippen molar-refractivity contribution in [2.24, 2.45) is 4.99 Å². The van der Waals surface area contributed by atoms with Crippen LogP contribution in [0.5, 0.6) is 5.75 Å². The summed E-state index contributed by atoms with van der Waals surface area (Å²) < 4.78 is 5.37. The van der Waals surface area contributed by atoms with Crippen LogP contribution >= 0.6 is 11.8 Å². The molecule has 0 bridgehead atoms. The summed E-state index contributed by atoms with van der Waals surface area (Å²) in [6.45, 7) is 5.92. The van der Waals surface area contributed by atoms with E-state index >= 15 is 0 Å². The van der Waals surface area contributed by atoms with Crippen molar-refractivity contribution in [2.75, 3.05) is 30.9 Å². The Morgan fingerprint density at radius 3 is 2.46 bits per heavy atom. The summed E-state index contributed by atoms with van der Waals surface area (Å²) in [5.74, 6) is 1.23. The van der Waals surface area contributed by atoms with Crippen LogP contribution < -0.4 is 9.64 Å². The molecule has 0 unspecified atom stereocenters. The van der Waals surface area contributed by atoms with E-state index in [4.69, 9.17) is 4.74 Å². The second-order valence-corrected chi connectivity index (χ2v) is 10.1. The zero-order valence-corrected chi connectivity index (χ0v) is 21.5. The average Bonchev–Trinajstić information content (AvgIpc) is 3.03. The van der Waals surface area contributed by atoms with E-state index < -0.39 is 0 Å². The molecule has 0 N–H and O–H groups in total. The highest BCUT2D eigenvalue weighted by Gasteiger charge is 2.33. The molecule has 2 aliphatic rings. The molecule has 0 spiro atoms. The number of carbonyl (C=O) groups excluding carboxylic acids is 2. The molecule has 2 aliphatic heterocycles. The highest BCUT2D eigenvalue weighted by molar-refractivity contribution is 8.14. The highest BCUT2D eigenvalue weighted by Crippen LogP contribution is 2.31. The molecule has 2 amide bonds. The molecular formula is C28H33N3O3S. The maximum absolute atomic E-state index is 13.5. The van der Waals surface area contributed by atoms with Gasteiger partial charge in [0, 0.05) is 19.2 Å². The van der Waals surface area contributed by atoms with Crippen molar-refractivity contribution in [1.29, 1.82) is 0 Å². The molecule has 6 nitrogen and oxygen atoms in total. The fourth-order valence-corrected chi connectivity index (χ4v) is 5.16.